The zero-order valence-electron chi connectivity index (χ0n) is 6.87. The molecule has 12 heavy (non-hydrogen) atoms. The van der Waals surface area contributed by atoms with E-state index in [0.29, 0.717) is 5.76 Å². The molecule has 0 amide bonds. The van der Waals surface area contributed by atoms with Gasteiger partial charge in [0.15, 0.2) is 0 Å². The lowest BCUT2D eigenvalue weighted by Crippen LogP contribution is -2.06. The fourth-order valence-corrected chi connectivity index (χ4v) is 0.948. The highest BCUT2D eigenvalue weighted by Gasteiger charge is 2.07. The summed E-state index contributed by atoms with van der Waals surface area (Å²) in [6.45, 7) is 1.40. The molecule has 1 aromatic rings. The smallest absolute Gasteiger partial charge is 0.147 e. The molecule has 1 heterocycles. The van der Waals surface area contributed by atoms with E-state index in [2.05, 4.69) is 0 Å². The monoisotopic (exact) mass is 166 g/mol. The Kier molecular flexibility index (Phi) is 2.80. The standard InChI is InChI=1S/C9H10O3/c1-7(10)5-8(11)6-9-3-2-4-12-9/h2-4H,5-6H2,1H3. The normalized spacial score (nSPS) is 9.75. The Bertz CT molecular complexity index is 272. The highest BCUT2D eigenvalue weighted by Crippen LogP contribution is 2.02. The molecule has 0 fully saturated rings. The van der Waals surface area contributed by atoms with E-state index in [1.54, 1.807) is 12.1 Å². The summed E-state index contributed by atoms with van der Waals surface area (Å²) in [5, 5.41) is 0. The van der Waals surface area contributed by atoms with Crippen LogP contribution >= 0.6 is 0 Å². The number of furan rings is 1. The number of hydrogen-bond donors (Lipinski definition) is 0. The molecule has 0 saturated heterocycles. The van der Waals surface area contributed by atoms with Crippen molar-refractivity contribution in [3.05, 3.63) is 24.2 Å². The van der Waals surface area contributed by atoms with Gasteiger partial charge in [0.05, 0.1) is 19.1 Å². The van der Waals surface area contributed by atoms with Crippen LogP contribution in [0.15, 0.2) is 22.8 Å². The van der Waals surface area contributed by atoms with Crippen LogP contribution in [-0.4, -0.2) is 11.6 Å². The van der Waals surface area contributed by atoms with Crippen LogP contribution in [0.1, 0.15) is 19.1 Å². The van der Waals surface area contributed by atoms with Gasteiger partial charge in [-0.3, -0.25) is 9.59 Å². The molecule has 0 saturated carbocycles. The summed E-state index contributed by atoms with van der Waals surface area (Å²) in [5.74, 6) is 0.408. The first-order chi connectivity index (χ1) is 5.68. The van der Waals surface area contributed by atoms with Crippen LogP contribution in [0.4, 0.5) is 0 Å². The van der Waals surface area contributed by atoms with Gasteiger partial charge in [0, 0.05) is 0 Å². The minimum absolute atomic E-state index is 0.000694. The van der Waals surface area contributed by atoms with Gasteiger partial charge in [0.1, 0.15) is 17.3 Å². The van der Waals surface area contributed by atoms with Crippen LogP contribution in [-0.2, 0) is 16.0 Å². The third-order valence-corrected chi connectivity index (χ3v) is 1.40. The van der Waals surface area contributed by atoms with Crippen molar-refractivity contribution in [2.45, 2.75) is 19.8 Å². The highest BCUT2D eigenvalue weighted by molar-refractivity contribution is 5.98. The fraction of sp³-hybridized carbons (Fsp3) is 0.333. The van der Waals surface area contributed by atoms with E-state index in [0.717, 1.165) is 0 Å². The van der Waals surface area contributed by atoms with Gasteiger partial charge in [-0.2, -0.15) is 0 Å². The SMILES string of the molecule is CC(=O)CC(=O)Cc1ccco1. The van der Waals surface area contributed by atoms with Gasteiger partial charge in [0.2, 0.25) is 0 Å². The Balaban J connectivity index is 2.42. The van der Waals surface area contributed by atoms with Gasteiger partial charge in [-0.25, -0.2) is 0 Å². The molecule has 0 atom stereocenters. The Morgan fingerprint density at radius 3 is 2.75 bits per heavy atom. The second-order valence-corrected chi connectivity index (χ2v) is 2.67. The van der Waals surface area contributed by atoms with E-state index in [-0.39, 0.29) is 24.4 Å². The van der Waals surface area contributed by atoms with Crippen molar-refractivity contribution in [3.63, 3.8) is 0 Å². The van der Waals surface area contributed by atoms with Crippen molar-refractivity contribution in [1.82, 2.24) is 0 Å². The van der Waals surface area contributed by atoms with Gasteiger partial charge >= 0.3 is 0 Å². The van der Waals surface area contributed by atoms with Crippen LogP contribution < -0.4 is 0 Å². The van der Waals surface area contributed by atoms with Gasteiger partial charge in [-0.15, -0.1) is 0 Å². The van der Waals surface area contributed by atoms with E-state index >= 15 is 0 Å². The second-order valence-electron chi connectivity index (χ2n) is 2.67. The minimum atomic E-state index is -0.105. The second kappa shape index (κ2) is 3.85. The summed E-state index contributed by atoms with van der Waals surface area (Å²) in [4.78, 5) is 21.6. The Labute approximate surface area is 70.4 Å². The number of ketones is 2. The number of carbonyl (C=O) groups is 2. The maximum atomic E-state index is 11.0. The van der Waals surface area contributed by atoms with E-state index in [9.17, 15) is 9.59 Å². The highest BCUT2D eigenvalue weighted by atomic mass is 16.3. The van der Waals surface area contributed by atoms with E-state index in [1.807, 2.05) is 0 Å². The molecule has 0 spiro atoms. The number of Topliss-reactive ketones (excluding diaryl/α,β-unsaturated/α-hetero) is 2. The van der Waals surface area contributed by atoms with Gasteiger partial charge in [0.25, 0.3) is 0 Å². The lowest BCUT2D eigenvalue weighted by molar-refractivity contribution is -0.125. The number of rotatable bonds is 4. The predicted octanol–water partition coefficient (Wildman–Crippen LogP) is 1.37. The molecule has 1 aromatic heterocycles. The maximum absolute atomic E-state index is 11.0. The number of carbonyl (C=O) groups excluding carboxylic acids is 2. The fourth-order valence-electron chi connectivity index (χ4n) is 0.948. The lowest BCUT2D eigenvalue weighted by atomic mass is 10.1. The summed E-state index contributed by atoms with van der Waals surface area (Å²) < 4.78 is 4.95. The van der Waals surface area contributed by atoms with Crippen LogP contribution in [0, 0.1) is 0 Å². The van der Waals surface area contributed by atoms with E-state index in [1.165, 1.54) is 13.2 Å². The first kappa shape index (κ1) is 8.71. The van der Waals surface area contributed by atoms with Gasteiger partial charge in [-0.1, -0.05) is 0 Å². The summed E-state index contributed by atoms with van der Waals surface area (Å²) in [6.07, 6.45) is 1.73. The lowest BCUT2D eigenvalue weighted by Gasteiger charge is -1.93. The average molecular weight is 166 g/mol. The zero-order valence-corrected chi connectivity index (χ0v) is 6.87. The van der Waals surface area contributed by atoms with Crippen molar-refractivity contribution in [1.29, 1.82) is 0 Å². The predicted molar refractivity (Wildman–Crippen MR) is 42.7 cm³/mol. The molecule has 3 nitrogen and oxygen atoms in total. The largest absolute Gasteiger partial charge is 0.469 e. The summed E-state index contributed by atoms with van der Waals surface area (Å²) in [7, 11) is 0. The topological polar surface area (TPSA) is 47.3 Å². The van der Waals surface area contributed by atoms with Gasteiger partial charge < -0.3 is 4.42 Å². The van der Waals surface area contributed by atoms with Crippen LogP contribution in [0.5, 0.6) is 0 Å². The minimum Gasteiger partial charge on any atom is -0.469 e. The molecule has 0 aliphatic rings. The zero-order chi connectivity index (χ0) is 8.97. The summed E-state index contributed by atoms with van der Waals surface area (Å²) in [6, 6.07) is 3.44. The molecule has 0 bridgehead atoms. The molecule has 0 unspecified atom stereocenters. The van der Waals surface area contributed by atoms with Crippen molar-refractivity contribution in [2.75, 3.05) is 0 Å². The number of hydrogen-bond acceptors (Lipinski definition) is 3. The first-order valence-electron chi connectivity index (χ1n) is 3.72. The molecule has 1 rings (SSSR count). The third-order valence-electron chi connectivity index (χ3n) is 1.40. The molecule has 0 aliphatic carbocycles. The first-order valence-corrected chi connectivity index (χ1v) is 3.72. The maximum Gasteiger partial charge on any atom is 0.147 e. The molecule has 0 aromatic carbocycles. The van der Waals surface area contributed by atoms with Crippen LogP contribution in [0.25, 0.3) is 0 Å². The molecule has 0 aliphatic heterocycles. The van der Waals surface area contributed by atoms with Crippen molar-refractivity contribution < 1.29 is 14.0 Å². The average Bonchev–Trinajstić information content (AvgIpc) is 2.37. The van der Waals surface area contributed by atoms with Crippen molar-refractivity contribution >= 4 is 11.6 Å². The third kappa shape index (κ3) is 2.70. The Morgan fingerprint density at radius 1 is 1.50 bits per heavy atom. The van der Waals surface area contributed by atoms with Crippen LogP contribution in [0.2, 0.25) is 0 Å². The van der Waals surface area contributed by atoms with Crippen molar-refractivity contribution in [2.24, 2.45) is 0 Å². The van der Waals surface area contributed by atoms with Crippen molar-refractivity contribution in [3.8, 4) is 0 Å². The quantitative estimate of drug-likeness (QED) is 0.634. The molecular formula is C9H10O3. The summed E-state index contributed by atoms with van der Waals surface area (Å²) >= 11 is 0. The summed E-state index contributed by atoms with van der Waals surface area (Å²) in [5.41, 5.74) is 0. The Morgan fingerprint density at radius 2 is 2.25 bits per heavy atom. The van der Waals surface area contributed by atoms with Crippen LogP contribution in [0.3, 0.4) is 0 Å². The van der Waals surface area contributed by atoms with E-state index < -0.39 is 0 Å². The molecule has 0 radical (unpaired) electrons. The van der Waals surface area contributed by atoms with Gasteiger partial charge in [-0.05, 0) is 19.1 Å². The molecule has 3 heteroatoms. The Hall–Kier alpha value is -1.38. The molecule has 64 valence electrons. The molecular weight excluding hydrogens is 156 g/mol. The molecule has 0 N–H and O–H groups in total. The van der Waals surface area contributed by atoms with E-state index in [4.69, 9.17) is 4.42 Å².